The summed E-state index contributed by atoms with van der Waals surface area (Å²) in [6, 6.07) is 4.48. The Morgan fingerprint density at radius 2 is 2.00 bits per heavy atom. The van der Waals surface area contributed by atoms with E-state index in [1.165, 1.54) is 12.1 Å². The van der Waals surface area contributed by atoms with E-state index in [2.05, 4.69) is 35.1 Å². The van der Waals surface area contributed by atoms with Crippen molar-refractivity contribution in [2.45, 2.75) is 39.7 Å². The van der Waals surface area contributed by atoms with Gasteiger partial charge in [0.25, 0.3) is 11.6 Å². The number of halogens is 1. The van der Waals surface area contributed by atoms with Crippen LogP contribution >= 0.6 is 15.9 Å². The Morgan fingerprint density at radius 1 is 1.35 bits per heavy atom. The van der Waals surface area contributed by atoms with E-state index >= 15 is 0 Å². The Balaban J connectivity index is 2.78. The third-order valence-corrected chi connectivity index (χ3v) is 3.81. The lowest BCUT2D eigenvalue weighted by Gasteiger charge is -2.15. The number of rotatable bonds is 6. The van der Waals surface area contributed by atoms with Gasteiger partial charge in [-0.15, -0.1) is 0 Å². The van der Waals surface area contributed by atoms with E-state index in [1.807, 2.05) is 6.92 Å². The van der Waals surface area contributed by atoms with Crippen LogP contribution in [-0.4, -0.2) is 16.9 Å². The second-order valence-electron chi connectivity index (χ2n) is 5.24. The van der Waals surface area contributed by atoms with Crippen molar-refractivity contribution in [3.05, 3.63) is 38.3 Å². The number of carbonyl (C=O) groups is 1. The minimum atomic E-state index is -0.511. The van der Waals surface area contributed by atoms with Crippen LogP contribution in [0.2, 0.25) is 0 Å². The highest BCUT2D eigenvalue weighted by Gasteiger charge is 2.20. The van der Waals surface area contributed by atoms with Crippen molar-refractivity contribution >= 4 is 27.5 Å². The van der Waals surface area contributed by atoms with Crippen LogP contribution in [0.4, 0.5) is 5.69 Å². The van der Waals surface area contributed by atoms with Gasteiger partial charge >= 0.3 is 0 Å². The molecule has 0 saturated carbocycles. The first-order valence-corrected chi connectivity index (χ1v) is 7.36. The molecule has 1 N–H and O–H groups in total. The van der Waals surface area contributed by atoms with Gasteiger partial charge < -0.3 is 5.32 Å². The van der Waals surface area contributed by atoms with Gasteiger partial charge in [-0.2, -0.15) is 0 Å². The highest BCUT2D eigenvalue weighted by molar-refractivity contribution is 9.10. The summed E-state index contributed by atoms with van der Waals surface area (Å²) in [4.78, 5) is 22.5. The third kappa shape index (κ3) is 4.59. The molecule has 1 amide bonds. The quantitative estimate of drug-likeness (QED) is 0.629. The van der Waals surface area contributed by atoms with Gasteiger partial charge in [0.2, 0.25) is 0 Å². The number of benzene rings is 1. The van der Waals surface area contributed by atoms with Crippen molar-refractivity contribution in [1.82, 2.24) is 5.32 Å². The van der Waals surface area contributed by atoms with Crippen LogP contribution in [0.1, 0.15) is 44.0 Å². The highest BCUT2D eigenvalue weighted by atomic mass is 79.9. The fourth-order valence-electron chi connectivity index (χ4n) is 1.79. The topological polar surface area (TPSA) is 72.2 Å². The smallest absolute Gasteiger partial charge is 0.284 e. The van der Waals surface area contributed by atoms with E-state index in [9.17, 15) is 14.9 Å². The molecule has 1 rings (SSSR count). The lowest BCUT2D eigenvalue weighted by Crippen LogP contribution is -2.33. The molecule has 0 heterocycles. The summed E-state index contributed by atoms with van der Waals surface area (Å²) >= 11 is 3.13. The van der Waals surface area contributed by atoms with E-state index in [1.54, 1.807) is 6.07 Å². The van der Waals surface area contributed by atoms with Gasteiger partial charge in [-0.1, -0.05) is 19.9 Å². The summed E-state index contributed by atoms with van der Waals surface area (Å²) in [6.07, 6.45) is 1.91. The fraction of sp³-hybridized carbons (Fsp3) is 0.500. The molecule has 0 aliphatic heterocycles. The van der Waals surface area contributed by atoms with Gasteiger partial charge in [0.15, 0.2) is 0 Å². The zero-order valence-corrected chi connectivity index (χ0v) is 13.4. The molecule has 5 nitrogen and oxygen atoms in total. The number of hydrogen-bond donors (Lipinski definition) is 1. The largest absolute Gasteiger partial charge is 0.350 e. The molecule has 0 bridgehead atoms. The molecule has 1 atom stereocenters. The van der Waals surface area contributed by atoms with E-state index in [4.69, 9.17) is 0 Å². The average molecular weight is 343 g/mol. The number of nitro groups is 1. The summed E-state index contributed by atoms with van der Waals surface area (Å²) < 4.78 is 0.221. The lowest BCUT2D eigenvalue weighted by molar-refractivity contribution is -0.385. The molecule has 0 saturated heterocycles. The molecular weight excluding hydrogens is 324 g/mol. The van der Waals surface area contributed by atoms with Crippen LogP contribution in [-0.2, 0) is 0 Å². The van der Waals surface area contributed by atoms with E-state index in [0.29, 0.717) is 5.92 Å². The third-order valence-electron chi connectivity index (χ3n) is 2.97. The summed E-state index contributed by atoms with van der Waals surface area (Å²) in [5, 5.41) is 13.7. The molecule has 0 aliphatic carbocycles. The van der Waals surface area contributed by atoms with Crippen LogP contribution in [0.3, 0.4) is 0 Å². The molecule has 110 valence electrons. The molecule has 0 radical (unpaired) electrons. The summed E-state index contributed by atoms with van der Waals surface area (Å²) in [6.45, 7) is 6.20. The number of nitrogens with zero attached hydrogens (tertiary/aromatic N) is 1. The Bertz CT molecular complexity index is 503. The van der Waals surface area contributed by atoms with E-state index in [0.717, 1.165) is 12.8 Å². The van der Waals surface area contributed by atoms with Crippen molar-refractivity contribution in [3.8, 4) is 0 Å². The average Bonchev–Trinajstić information content (AvgIpc) is 2.36. The van der Waals surface area contributed by atoms with Crippen LogP contribution in [0.25, 0.3) is 0 Å². The van der Waals surface area contributed by atoms with Crippen LogP contribution in [0, 0.1) is 16.0 Å². The normalized spacial score (nSPS) is 12.2. The summed E-state index contributed by atoms with van der Waals surface area (Å²) in [5.41, 5.74) is 0.183. The summed E-state index contributed by atoms with van der Waals surface area (Å²) in [5.74, 6) is 0.288. The Kier molecular flexibility index (Phi) is 6.13. The van der Waals surface area contributed by atoms with Crippen LogP contribution in [0.15, 0.2) is 22.7 Å². The number of nitrogens with one attached hydrogen (secondary N) is 1. The van der Waals surface area contributed by atoms with Gasteiger partial charge in [-0.05, 0) is 47.7 Å². The maximum atomic E-state index is 12.1. The fourth-order valence-corrected chi connectivity index (χ4v) is 2.38. The predicted molar refractivity (Wildman–Crippen MR) is 81.8 cm³/mol. The van der Waals surface area contributed by atoms with Gasteiger partial charge in [0.05, 0.1) is 10.5 Å². The highest BCUT2D eigenvalue weighted by Crippen LogP contribution is 2.28. The predicted octanol–water partition coefficient (Wildman–Crippen LogP) is 3.91. The first-order chi connectivity index (χ1) is 9.32. The van der Waals surface area contributed by atoms with Gasteiger partial charge in [-0.25, -0.2) is 0 Å². The first-order valence-electron chi connectivity index (χ1n) is 6.56. The Labute approximate surface area is 127 Å². The van der Waals surface area contributed by atoms with Gasteiger partial charge in [0, 0.05) is 12.1 Å². The molecule has 1 aromatic rings. The number of hydrogen-bond acceptors (Lipinski definition) is 3. The van der Waals surface area contributed by atoms with Crippen molar-refractivity contribution in [1.29, 1.82) is 0 Å². The minimum absolute atomic E-state index is 0.0380. The van der Waals surface area contributed by atoms with Crippen molar-refractivity contribution in [3.63, 3.8) is 0 Å². The van der Waals surface area contributed by atoms with Crippen molar-refractivity contribution in [2.75, 3.05) is 0 Å². The molecule has 6 heteroatoms. The summed E-state index contributed by atoms with van der Waals surface area (Å²) in [7, 11) is 0. The van der Waals surface area contributed by atoms with Gasteiger partial charge in [-0.3, -0.25) is 14.9 Å². The molecule has 0 aromatic heterocycles. The molecule has 0 spiro atoms. The molecule has 0 aliphatic rings. The zero-order valence-electron chi connectivity index (χ0n) is 11.9. The maximum absolute atomic E-state index is 12.1. The van der Waals surface area contributed by atoms with Gasteiger partial charge in [0.1, 0.15) is 4.47 Å². The van der Waals surface area contributed by atoms with Crippen LogP contribution < -0.4 is 5.32 Å². The standard InChI is InChI=1S/C14H19BrN2O3/c1-9(2)7-8-10(3)16-14(18)11-5-4-6-12(13(11)15)17(19)20/h4-6,9-10H,7-8H2,1-3H3,(H,16,18). The molecule has 0 fully saturated rings. The van der Waals surface area contributed by atoms with E-state index < -0.39 is 4.92 Å². The van der Waals surface area contributed by atoms with Crippen LogP contribution in [0.5, 0.6) is 0 Å². The number of carbonyl (C=O) groups excluding carboxylic acids is 1. The second-order valence-corrected chi connectivity index (χ2v) is 6.03. The lowest BCUT2D eigenvalue weighted by atomic mass is 10.0. The SMILES string of the molecule is CC(C)CCC(C)NC(=O)c1cccc([N+](=O)[O-])c1Br. The molecule has 20 heavy (non-hydrogen) atoms. The number of amides is 1. The monoisotopic (exact) mass is 342 g/mol. The van der Waals surface area contributed by atoms with Crippen molar-refractivity contribution < 1.29 is 9.72 Å². The Hall–Kier alpha value is -1.43. The maximum Gasteiger partial charge on any atom is 0.284 e. The zero-order chi connectivity index (χ0) is 15.3. The van der Waals surface area contributed by atoms with E-state index in [-0.39, 0.29) is 27.7 Å². The minimum Gasteiger partial charge on any atom is -0.350 e. The molecule has 1 unspecified atom stereocenters. The Morgan fingerprint density at radius 3 is 2.55 bits per heavy atom. The number of nitro benzene ring substituents is 1. The molecule has 1 aromatic carbocycles. The molecular formula is C14H19BrN2O3. The first kappa shape index (κ1) is 16.6. The van der Waals surface area contributed by atoms with Crippen molar-refractivity contribution in [2.24, 2.45) is 5.92 Å². The second kappa shape index (κ2) is 7.38.